The summed E-state index contributed by atoms with van der Waals surface area (Å²) in [6.07, 6.45) is 1.73. The van der Waals surface area contributed by atoms with Crippen molar-refractivity contribution >= 4 is 38.9 Å². The van der Waals surface area contributed by atoms with Crippen LogP contribution in [0.5, 0.6) is 11.5 Å². The minimum Gasteiger partial charge on any atom is -0.495 e. The lowest BCUT2D eigenvalue weighted by Crippen LogP contribution is -2.27. The predicted molar refractivity (Wildman–Crippen MR) is 105 cm³/mol. The van der Waals surface area contributed by atoms with Gasteiger partial charge >= 0.3 is 0 Å². The fourth-order valence-corrected chi connectivity index (χ4v) is 4.20. The van der Waals surface area contributed by atoms with E-state index in [1.165, 1.54) is 24.8 Å². The van der Waals surface area contributed by atoms with Crippen LogP contribution in [0, 0.1) is 0 Å². The molecule has 0 saturated heterocycles. The monoisotopic (exact) mass is 410 g/mol. The van der Waals surface area contributed by atoms with Crippen LogP contribution in [-0.2, 0) is 16.4 Å². The van der Waals surface area contributed by atoms with E-state index in [9.17, 15) is 13.2 Å². The summed E-state index contributed by atoms with van der Waals surface area (Å²) in [7, 11) is -0.374. The minimum atomic E-state index is -3.33. The smallest absolute Gasteiger partial charge is 0.255 e. The summed E-state index contributed by atoms with van der Waals surface area (Å²) >= 11 is 6.08. The van der Waals surface area contributed by atoms with Gasteiger partial charge in [-0.2, -0.15) is 0 Å². The number of ether oxygens (including phenoxy) is 2. The zero-order valence-corrected chi connectivity index (χ0v) is 16.6. The molecule has 1 aliphatic heterocycles. The maximum absolute atomic E-state index is 12.7. The molecule has 0 spiro atoms. The molecule has 1 aliphatic rings. The number of anilines is 2. The lowest BCUT2D eigenvalue weighted by atomic mass is 10.1. The van der Waals surface area contributed by atoms with E-state index < -0.39 is 10.0 Å². The molecule has 2 aromatic carbocycles. The van der Waals surface area contributed by atoms with Gasteiger partial charge in [-0.15, -0.1) is 0 Å². The number of hydrogen-bond donors (Lipinski definition) is 1. The van der Waals surface area contributed by atoms with E-state index in [2.05, 4.69) is 5.32 Å². The molecule has 144 valence electrons. The quantitative estimate of drug-likeness (QED) is 0.819. The van der Waals surface area contributed by atoms with Crippen LogP contribution in [0.2, 0.25) is 5.02 Å². The number of benzene rings is 2. The Bertz CT molecular complexity index is 1010. The molecule has 0 atom stereocenters. The van der Waals surface area contributed by atoms with E-state index in [-0.39, 0.29) is 5.91 Å². The van der Waals surface area contributed by atoms with Crippen molar-refractivity contribution in [2.24, 2.45) is 0 Å². The lowest BCUT2D eigenvalue weighted by molar-refractivity contribution is 0.102. The first-order valence-corrected chi connectivity index (χ1v) is 10.3. The molecule has 7 nitrogen and oxygen atoms in total. The molecule has 1 N–H and O–H groups in total. The molecule has 9 heteroatoms. The maximum atomic E-state index is 12.7. The Morgan fingerprint density at radius 3 is 2.48 bits per heavy atom. The Hall–Kier alpha value is -2.45. The first-order chi connectivity index (χ1) is 12.7. The van der Waals surface area contributed by atoms with Gasteiger partial charge in [-0.1, -0.05) is 11.6 Å². The van der Waals surface area contributed by atoms with Crippen LogP contribution in [0.3, 0.4) is 0 Å². The van der Waals surface area contributed by atoms with Gasteiger partial charge in [0.2, 0.25) is 10.0 Å². The lowest BCUT2D eigenvalue weighted by Gasteiger charge is -2.16. The number of rotatable bonds is 5. The SMILES string of the molecule is COc1cc(NC(=O)c2ccc3c(c2)CCN3S(C)(=O)=O)c(OC)cc1Cl. The van der Waals surface area contributed by atoms with Crippen LogP contribution >= 0.6 is 11.6 Å². The van der Waals surface area contributed by atoms with Gasteiger partial charge in [-0.05, 0) is 30.2 Å². The van der Waals surface area contributed by atoms with Crippen LogP contribution in [0.4, 0.5) is 11.4 Å². The first kappa shape index (κ1) is 19.3. The average Bonchev–Trinajstić information content (AvgIpc) is 3.06. The standard InChI is InChI=1S/C18H19ClN2O5S/c1-25-16-10-14(17(26-2)9-13(16)19)20-18(22)12-4-5-15-11(8-12)6-7-21(15)27(3,23)24/h4-5,8-10H,6-7H2,1-3H3,(H,20,22). The summed E-state index contributed by atoms with van der Waals surface area (Å²) in [5.41, 5.74) is 2.26. The third-order valence-electron chi connectivity index (χ3n) is 4.32. The molecule has 0 aliphatic carbocycles. The Kier molecular flexibility index (Phi) is 5.21. The largest absolute Gasteiger partial charge is 0.495 e. The number of carbonyl (C=O) groups is 1. The topological polar surface area (TPSA) is 84.9 Å². The molecule has 0 aromatic heterocycles. The van der Waals surface area contributed by atoms with E-state index in [0.29, 0.717) is 46.4 Å². The van der Waals surface area contributed by atoms with Crippen molar-refractivity contribution in [1.82, 2.24) is 0 Å². The molecular weight excluding hydrogens is 392 g/mol. The molecule has 0 saturated carbocycles. The minimum absolute atomic E-state index is 0.349. The average molecular weight is 411 g/mol. The Balaban J connectivity index is 1.88. The van der Waals surface area contributed by atoms with Gasteiger partial charge < -0.3 is 14.8 Å². The number of carbonyl (C=O) groups excluding carboxylic acids is 1. The zero-order chi connectivity index (χ0) is 19.8. The van der Waals surface area contributed by atoms with Crippen LogP contribution in [-0.4, -0.2) is 41.3 Å². The van der Waals surface area contributed by atoms with Crippen LogP contribution in [0.15, 0.2) is 30.3 Å². The normalized spacial score (nSPS) is 13.3. The predicted octanol–water partition coefficient (Wildman–Crippen LogP) is 2.93. The highest BCUT2D eigenvalue weighted by Gasteiger charge is 2.27. The molecule has 1 heterocycles. The second kappa shape index (κ2) is 7.28. The van der Waals surface area contributed by atoms with Crippen molar-refractivity contribution in [1.29, 1.82) is 0 Å². The van der Waals surface area contributed by atoms with Gasteiger partial charge in [0.15, 0.2) is 0 Å². The third kappa shape index (κ3) is 3.81. The van der Waals surface area contributed by atoms with Gasteiger partial charge in [-0.25, -0.2) is 8.42 Å². The highest BCUT2D eigenvalue weighted by atomic mass is 35.5. The van der Waals surface area contributed by atoms with Crippen molar-refractivity contribution < 1.29 is 22.7 Å². The van der Waals surface area contributed by atoms with Crippen molar-refractivity contribution in [3.8, 4) is 11.5 Å². The van der Waals surface area contributed by atoms with Crippen LogP contribution < -0.4 is 19.1 Å². The van der Waals surface area contributed by atoms with Crippen LogP contribution in [0.25, 0.3) is 0 Å². The summed E-state index contributed by atoms with van der Waals surface area (Å²) in [6.45, 7) is 0.376. The fraction of sp³-hybridized carbons (Fsp3) is 0.278. The highest BCUT2D eigenvalue weighted by Crippen LogP contribution is 2.36. The zero-order valence-electron chi connectivity index (χ0n) is 15.1. The van der Waals surface area contributed by atoms with E-state index in [0.717, 1.165) is 5.56 Å². The second-order valence-corrected chi connectivity index (χ2v) is 8.38. The van der Waals surface area contributed by atoms with E-state index >= 15 is 0 Å². The van der Waals surface area contributed by atoms with E-state index in [4.69, 9.17) is 21.1 Å². The Morgan fingerprint density at radius 2 is 1.85 bits per heavy atom. The Labute approximate surface area is 162 Å². The number of amides is 1. The molecular formula is C18H19ClN2O5S. The number of hydrogen-bond acceptors (Lipinski definition) is 5. The van der Waals surface area contributed by atoms with E-state index in [1.54, 1.807) is 30.3 Å². The maximum Gasteiger partial charge on any atom is 0.255 e. The van der Waals surface area contributed by atoms with Gasteiger partial charge in [0.1, 0.15) is 11.5 Å². The molecule has 3 rings (SSSR count). The number of methoxy groups -OCH3 is 2. The number of nitrogens with zero attached hydrogens (tertiary/aromatic N) is 1. The van der Waals surface area contributed by atoms with E-state index in [1.807, 2.05) is 0 Å². The molecule has 0 unspecified atom stereocenters. The van der Waals surface area contributed by atoms with Gasteiger partial charge in [0.05, 0.1) is 36.9 Å². The molecule has 2 aromatic rings. The summed E-state index contributed by atoms with van der Waals surface area (Å²) < 4.78 is 35.4. The summed E-state index contributed by atoms with van der Waals surface area (Å²) in [5.74, 6) is 0.461. The molecule has 0 radical (unpaired) electrons. The van der Waals surface area contributed by atoms with Gasteiger partial charge in [0.25, 0.3) is 5.91 Å². The summed E-state index contributed by atoms with van der Waals surface area (Å²) in [5, 5.41) is 3.14. The number of fused-ring (bicyclic) bond motifs is 1. The fourth-order valence-electron chi connectivity index (χ4n) is 3.01. The summed E-state index contributed by atoms with van der Waals surface area (Å²) in [4.78, 5) is 12.7. The Morgan fingerprint density at radius 1 is 1.15 bits per heavy atom. The molecule has 27 heavy (non-hydrogen) atoms. The van der Waals surface area contributed by atoms with Crippen molar-refractivity contribution in [2.45, 2.75) is 6.42 Å². The van der Waals surface area contributed by atoms with Crippen molar-refractivity contribution in [3.63, 3.8) is 0 Å². The highest BCUT2D eigenvalue weighted by molar-refractivity contribution is 7.92. The molecule has 0 bridgehead atoms. The molecule has 1 amide bonds. The number of sulfonamides is 1. The van der Waals surface area contributed by atoms with Crippen molar-refractivity contribution in [2.75, 3.05) is 36.6 Å². The van der Waals surface area contributed by atoms with Gasteiger partial charge in [0, 0.05) is 24.2 Å². The second-order valence-electron chi connectivity index (χ2n) is 6.07. The van der Waals surface area contributed by atoms with Crippen LogP contribution in [0.1, 0.15) is 15.9 Å². The van der Waals surface area contributed by atoms with Gasteiger partial charge in [-0.3, -0.25) is 9.10 Å². The summed E-state index contributed by atoms with van der Waals surface area (Å²) in [6, 6.07) is 8.09. The van der Waals surface area contributed by atoms with Crippen molar-refractivity contribution in [3.05, 3.63) is 46.5 Å². The first-order valence-electron chi connectivity index (χ1n) is 8.08. The third-order valence-corrected chi connectivity index (χ3v) is 5.79. The molecule has 0 fully saturated rings. The number of halogens is 1. The number of nitrogens with one attached hydrogen (secondary N) is 1.